The molecule has 0 aliphatic carbocycles. The molecule has 1 N–H and O–H groups in total. The van der Waals surface area contributed by atoms with Gasteiger partial charge in [0.15, 0.2) is 0 Å². The number of aryl methyl sites for hydroxylation is 2. The largest absolute Gasteiger partial charge is 0.319 e. The van der Waals surface area contributed by atoms with Crippen LogP contribution in [0.3, 0.4) is 0 Å². The van der Waals surface area contributed by atoms with E-state index in [9.17, 15) is 4.79 Å². The number of para-hydroxylation sites is 2. The maximum Gasteiger partial charge on any atom is 0.258 e. The van der Waals surface area contributed by atoms with Crippen LogP contribution >= 0.6 is 0 Å². The molecule has 5 aromatic rings. The Morgan fingerprint density at radius 3 is 2.61 bits per heavy atom. The zero-order valence-electron chi connectivity index (χ0n) is 15.7. The van der Waals surface area contributed by atoms with Crippen molar-refractivity contribution in [2.75, 3.05) is 5.32 Å². The third-order valence-corrected chi connectivity index (χ3v) is 5.10. The molecule has 6 heteroatoms. The van der Waals surface area contributed by atoms with Gasteiger partial charge in [0.05, 0.1) is 34.0 Å². The first-order valence-corrected chi connectivity index (χ1v) is 9.29. The quantitative estimate of drug-likeness (QED) is 0.512. The summed E-state index contributed by atoms with van der Waals surface area (Å²) in [6.45, 7) is 4.70. The summed E-state index contributed by atoms with van der Waals surface area (Å²) in [7, 11) is 0. The molecular weight excluding hydrogens is 350 g/mol. The van der Waals surface area contributed by atoms with Gasteiger partial charge in [0.1, 0.15) is 5.82 Å². The fourth-order valence-electron chi connectivity index (χ4n) is 3.79. The van der Waals surface area contributed by atoms with Crippen molar-refractivity contribution in [2.45, 2.75) is 20.4 Å². The Labute approximate surface area is 161 Å². The highest BCUT2D eigenvalue weighted by Crippen LogP contribution is 2.36. The molecule has 0 unspecified atom stereocenters. The van der Waals surface area contributed by atoms with Gasteiger partial charge in [-0.3, -0.25) is 13.9 Å². The highest BCUT2D eigenvalue weighted by molar-refractivity contribution is 6.18. The molecule has 0 atom stereocenters. The third kappa shape index (κ3) is 2.38. The summed E-state index contributed by atoms with van der Waals surface area (Å²) in [5.74, 6) is 0.709. The fraction of sp³-hybridized carbons (Fsp3) is 0.136. The molecule has 0 saturated carbocycles. The Balaban J connectivity index is 1.79. The lowest BCUT2D eigenvalue weighted by Gasteiger charge is -2.08. The van der Waals surface area contributed by atoms with Crippen LogP contribution in [0.4, 0.5) is 5.69 Å². The average molecular weight is 369 g/mol. The molecule has 0 aliphatic rings. The predicted octanol–water partition coefficient (Wildman–Crippen LogP) is 4.42. The van der Waals surface area contributed by atoms with Gasteiger partial charge in [-0.05, 0) is 26.0 Å². The maximum atomic E-state index is 13.0. The van der Waals surface area contributed by atoms with E-state index >= 15 is 0 Å². The lowest BCUT2D eigenvalue weighted by atomic mass is 10.1. The Morgan fingerprint density at radius 1 is 1.07 bits per heavy atom. The number of amides is 1. The van der Waals surface area contributed by atoms with Crippen LogP contribution in [0.5, 0.6) is 0 Å². The van der Waals surface area contributed by atoms with Crippen LogP contribution in [0.2, 0.25) is 0 Å². The lowest BCUT2D eigenvalue weighted by molar-refractivity contribution is 0.102. The molecule has 0 aliphatic heterocycles. The third-order valence-electron chi connectivity index (χ3n) is 5.10. The standard InChI is InChI=1S/C22H19N5O/c1-3-26-13-15(12-23-26)22(28)25-20-17-9-5-7-11-19(17)27-14(2)24-18-10-6-4-8-16(18)21(20)27/h4-13H,3H2,1-2H3,(H,25,28). The Hall–Kier alpha value is -3.67. The molecule has 28 heavy (non-hydrogen) atoms. The molecule has 0 fully saturated rings. The molecule has 2 aromatic carbocycles. The van der Waals surface area contributed by atoms with E-state index in [2.05, 4.69) is 20.9 Å². The van der Waals surface area contributed by atoms with Crippen molar-refractivity contribution in [1.82, 2.24) is 19.2 Å². The molecule has 0 radical (unpaired) electrons. The Bertz CT molecular complexity index is 1360. The number of aromatic nitrogens is 4. The molecule has 138 valence electrons. The monoisotopic (exact) mass is 369 g/mol. The van der Waals surface area contributed by atoms with Crippen molar-refractivity contribution < 1.29 is 4.79 Å². The van der Waals surface area contributed by atoms with E-state index in [-0.39, 0.29) is 5.91 Å². The number of fused-ring (bicyclic) bond motifs is 5. The summed E-state index contributed by atoms with van der Waals surface area (Å²) >= 11 is 0. The maximum absolute atomic E-state index is 13.0. The molecule has 0 saturated heterocycles. The minimum atomic E-state index is -0.170. The number of rotatable bonds is 3. The van der Waals surface area contributed by atoms with Crippen LogP contribution in [-0.4, -0.2) is 25.1 Å². The van der Waals surface area contributed by atoms with Crippen LogP contribution in [-0.2, 0) is 6.54 Å². The number of hydrogen-bond donors (Lipinski definition) is 1. The van der Waals surface area contributed by atoms with E-state index < -0.39 is 0 Å². The van der Waals surface area contributed by atoms with Gasteiger partial charge < -0.3 is 5.32 Å². The van der Waals surface area contributed by atoms with Crippen molar-refractivity contribution in [3.05, 3.63) is 72.3 Å². The summed E-state index contributed by atoms with van der Waals surface area (Å²) in [6, 6.07) is 16.1. The number of benzene rings is 2. The molecule has 0 bridgehead atoms. The number of nitrogens with one attached hydrogen (secondary N) is 1. The molecule has 1 amide bonds. The van der Waals surface area contributed by atoms with E-state index in [1.54, 1.807) is 17.1 Å². The van der Waals surface area contributed by atoms with Crippen molar-refractivity contribution in [1.29, 1.82) is 0 Å². The highest BCUT2D eigenvalue weighted by Gasteiger charge is 2.19. The summed E-state index contributed by atoms with van der Waals surface area (Å²) in [4.78, 5) is 17.7. The van der Waals surface area contributed by atoms with Gasteiger partial charge in [-0.1, -0.05) is 36.4 Å². The van der Waals surface area contributed by atoms with Gasteiger partial charge in [-0.2, -0.15) is 5.10 Å². The molecule has 6 nitrogen and oxygen atoms in total. The average Bonchev–Trinajstić information content (AvgIpc) is 3.32. The molecule has 0 spiro atoms. The SMILES string of the molecule is CCn1cc(C(=O)Nc2c3ccccc3n3c(C)nc4ccccc4c23)cn1. The first kappa shape index (κ1) is 16.5. The minimum Gasteiger partial charge on any atom is -0.319 e. The Kier molecular flexibility index (Phi) is 3.65. The number of carbonyl (C=O) groups excluding carboxylic acids is 1. The van der Waals surface area contributed by atoms with Crippen molar-refractivity contribution in [2.24, 2.45) is 0 Å². The van der Waals surface area contributed by atoms with E-state index in [0.717, 1.165) is 45.4 Å². The number of anilines is 1. The van der Waals surface area contributed by atoms with Crippen molar-refractivity contribution in [3.8, 4) is 0 Å². The van der Waals surface area contributed by atoms with Gasteiger partial charge in [-0.25, -0.2) is 4.98 Å². The summed E-state index contributed by atoms with van der Waals surface area (Å²) in [5, 5.41) is 9.34. The lowest BCUT2D eigenvalue weighted by Crippen LogP contribution is -2.11. The normalized spacial score (nSPS) is 11.5. The van der Waals surface area contributed by atoms with Gasteiger partial charge in [0.25, 0.3) is 5.91 Å². The second kappa shape index (κ2) is 6.20. The van der Waals surface area contributed by atoms with Crippen LogP contribution in [0.1, 0.15) is 23.1 Å². The van der Waals surface area contributed by atoms with E-state index in [1.165, 1.54) is 0 Å². The summed E-state index contributed by atoms with van der Waals surface area (Å²) in [6.07, 6.45) is 3.37. The van der Waals surface area contributed by atoms with Gasteiger partial charge in [0, 0.05) is 23.5 Å². The van der Waals surface area contributed by atoms with Gasteiger partial charge >= 0.3 is 0 Å². The first-order valence-electron chi connectivity index (χ1n) is 9.29. The Morgan fingerprint density at radius 2 is 1.82 bits per heavy atom. The first-order chi connectivity index (χ1) is 13.7. The number of nitrogens with zero attached hydrogens (tertiary/aromatic N) is 4. The van der Waals surface area contributed by atoms with E-state index in [4.69, 9.17) is 4.98 Å². The van der Waals surface area contributed by atoms with E-state index in [1.807, 2.05) is 56.3 Å². The van der Waals surface area contributed by atoms with Crippen molar-refractivity contribution in [3.63, 3.8) is 0 Å². The molecule has 5 rings (SSSR count). The number of hydrogen-bond acceptors (Lipinski definition) is 3. The number of carbonyl (C=O) groups is 1. The molecular formula is C22H19N5O. The van der Waals surface area contributed by atoms with Gasteiger partial charge in [0.2, 0.25) is 0 Å². The second-order valence-corrected chi connectivity index (χ2v) is 6.79. The molecule has 3 heterocycles. The zero-order chi connectivity index (χ0) is 19.3. The van der Waals surface area contributed by atoms with Crippen LogP contribution in [0, 0.1) is 6.92 Å². The smallest absolute Gasteiger partial charge is 0.258 e. The van der Waals surface area contributed by atoms with E-state index in [0.29, 0.717) is 5.56 Å². The topological polar surface area (TPSA) is 64.2 Å². The zero-order valence-corrected chi connectivity index (χ0v) is 15.7. The van der Waals surface area contributed by atoms with Crippen molar-refractivity contribution >= 4 is 38.9 Å². The summed E-state index contributed by atoms with van der Waals surface area (Å²) in [5.41, 5.74) is 4.23. The highest BCUT2D eigenvalue weighted by atomic mass is 16.1. The fourth-order valence-corrected chi connectivity index (χ4v) is 3.79. The van der Waals surface area contributed by atoms with Crippen LogP contribution in [0.25, 0.3) is 27.3 Å². The minimum absolute atomic E-state index is 0.170. The molecule has 3 aromatic heterocycles. The van der Waals surface area contributed by atoms with Gasteiger partial charge in [-0.15, -0.1) is 0 Å². The predicted molar refractivity (Wildman–Crippen MR) is 111 cm³/mol. The summed E-state index contributed by atoms with van der Waals surface area (Å²) < 4.78 is 3.86. The second-order valence-electron chi connectivity index (χ2n) is 6.79. The van der Waals surface area contributed by atoms with Crippen LogP contribution in [0.15, 0.2) is 60.9 Å². The van der Waals surface area contributed by atoms with Crippen LogP contribution < -0.4 is 5.32 Å².